The molecule has 1 atom stereocenters. The van der Waals surface area contributed by atoms with Gasteiger partial charge in [0.15, 0.2) is 0 Å². The van der Waals surface area contributed by atoms with Crippen LogP contribution in [0.25, 0.3) is 10.9 Å². The molecule has 0 saturated carbocycles. The van der Waals surface area contributed by atoms with Crippen LogP contribution >= 0.6 is 15.9 Å². The van der Waals surface area contributed by atoms with Gasteiger partial charge < -0.3 is 0 Å². The van der Waals surface area contributed by atoms with E-state index in [2.05, 4.69) is 21.0 Å². The average molecular weight is 257 g/mol. The number of fused-ring (bicyclic) bond motifs is 1. The first-order chi connectivity index (χ1) is 6.59. The number of halogens is 2. The summed E-state index contributed by atoms with van der Waals surface area (Å²) < 4.78 is 15.9. The molecule has 1 unspecified atom stereocenters. The Hall–Kier alpha value is -0.900. The Morgan fingerprint density at radius 1 is 1.50 bits per heavy atom. The summed E-state index contributed by atoms with van der Waals surface area (Å²) in [5, 5.41) is 5.03. The number of hydrogen-bond acceptors (Lipinski definition) is 1. The molecule has 14 heavy (non-hydrogen) atoms. The van der Waals surface area contributed by atoms with Crippen LogP contribution in [0.5, 0.6) is 0 Å². The lowest BCUT2D eigenvalue weighted by Crippen LogP contribution is -1.92. The molecule has 74 valence electrons. The Bertz CT molecular complexity index is 476. The zero-order valence-corrected chi connectivity index (χ0v) is 9.55. The van der Waals surface area contributed by atoms with Gasteiger partial charge >= 0.3 is 0 Å². The van der Waals surface area contributed by atoms with Gasteiger partial charge in [-0.3, -0.25) is 4.68 Å². The quantitative estimate of drug-likeness (QED) is 0.765. The number of hydrogen-bond donors (Lipinski definition) is 0. The molecule has 0 fully saturated rings. The molecule has 0 saturated heterocycles. The fourth-order valence-corrected chi connectivity index (χ4v) is 1.90. The van der Waals surface area contributed by atoms with Crippen molar-refractivity contribution in [3.63, 3.8) is 0 Å². The predicted molar refractivity (Wildman–Crippen MR) is 57.9 cm³/mol. The third kappa shape index (κ3) is 1.43. The third-order valence-corrected chi connectivity index (χ3v) is 2.71. The first kappa shape index (κ1) is 9.65. The van der Waals surface area contributed by atoms with E-state index in [1.165, 1.54) is 6.92 Å². The molecule has 2 nitrogen and oxygen atoms in total. The second-order valence-corrected chi connectivity index (χ2v) is 4.20. The summed E-state index contributed by atoms with van der Waals surface area (Å²) in [6, 6.07) is 5.72. The van der Waals surface area contributed by atoms with E-state index in [1.54, 1.807) is 4.68 Å². The van der Waals surface area contributed by atoms with E-state index >= 15 is 0 Å². The average Bonchev–Trinajstić information content (AvgIpc) is 2.44. The molecule has 1 aromatic heterocycles. The summed E-state index contributed by atoms with van der Waals surface area (Å²) in [6.07, 6.45) is -1.03. The van der Waals surface area contributed by atoms with Gasteiger partial charge in [-0.1, -0.05) is 15.9 Å². The van der Waals surface area contributed by atoms with E-state index in [1.807, 2.05) is 25.2 Å². The summed E-state index contributed by atoms with van der Waals surface area (Å²) in [5.74, 6) is 0. The highest BCUT2D eigenvalue weighted by Crippen LogP contribution is 2.27. The number of rotatable bonds is 1. The van der Waals surface area contributed by atoms with Crippen molar-refractivity contribution in [1.82, 2.24) is 9.78 Å². The smallest absolute Gasteiger partial charge is 0.142 e. The standard InChI is InChI=1S/C10H10BrFN2/c1-6(12)10-8-4-3-7(11)5-9(8)14(2)13-10/h3-6H,1-2H3. The van der Waals surface area contributed by atoms with Crippen molar-refractivity contribution in [3.05, 3.63) is 28.4 Å². The minimum Gasteiger partial charge on any atom is -0.268 e. The SMILES string of the molecule is CC(F)c1nn(C)c2cc(Br)ccc12. The Balaban J connectivity index is 2.77. The van der Waals surface area contributed by atoms with Crippen molar-refractivity contribution in [2.45, 2.75) is 13.1 Å². The second-order valence-electron chi connectivity index (χ2n) is 3.29. The van der Waals surface area contributed by atoms with Crippen molar-refractivity contribution >= 4 is 26.8 Å². The molecule has 4 heteroatoms. The van der Waals surface area contributed by atoms with Crippen LogP contribution in [0, 0.1) is 0 Å². The van der Waals surface area contributed by atoms with Crippen LogP contribution in [0.2, 0.25) is 0 Å². The van der Waals surface area contributed by atoms with Crippen molar-refractivity contribution < 1.29 is 4.39 Å². The molecule has 0 N–H and O–H groups in total. The van der Waals surface area contributed by atoms with E-state index in [0.717, 1.165) is 15.4 Å². The molecule has 1 aromatic carbocycles. The number of benzene rings is 1. The first-order valence-corrected chi connectivity index (χ1v) is 5.15. The monoisotopic (exact) mass is 256 g/mol. The summed E-state index contributed by atoms with van der Waals surface area (Å²) in [7, 11) is 1.82. The molecule has 0 bridgehead atoms. The van der Waals surface area contributed by atoms with Gasteiger partial charge in [-0.25, -0.2) is 4.39 Å². The van der Waals surface area contributed by atoms with E-state index in [9.17, 15) is 4.39 Å². The molecule has 1 heterocycles. The van der Waals surface area contributed by atoms with Crippen LogP contribution in [0.4, 0.5) is 4.39 Å². The van der Waals surface area contributed by atoms with Crippen molar-refractivity contribution in [3.8, 4) is 0 Å². The van der Waals surface area contributed by atoms with Gasteiger partial charge in [0.2, 0.25) is 0 Å². The maximum atomic E-state index is 13.2. The van der Waals surface area contributed by atoms with Gasteiger partial charge in [0.1, 0.15) is 11.9 Å². The molecular formula is C10H10BrFN2. The van der Waals surface area contributed by atoms with Crippen LogP contribution in [-0.4, -0.2) is 9.78 Å². The van der Waals surface area contributed by atoms with E-state index in [4.69, 9.17) is 0 Å². The number of alkyl halides is 1. The molecular weight excluding hydrogens is 247 g/mol. The minimum atomic E-state index is -1.03. The summed E-state index contributed by atoms with van der Waals surface area (Å²) in [6.45, 7) is 1.50. The second kappa shape index (κ2) is 3.35. The van der Waals surface area contributed by atoms with Crippen molar-refractivity contribution in [2.75, 3.05) is 0 Å². The fourth-order valence-electron chi connectivity index (χ4n) is 1.55. The fraction of sp³-hybridized carbons (Fsp3) is 0.300. The number of aryl methyl sites for hydroxylation is 1. The number of nitrogens with zero attached hydrogens (tertiary/aromatic N) is 2. The molecule has 0 aliphatic carbocycles. The largest absolute Gasteiger partial charge is 0.268 e. The highest BCUT2D eigenvalue weighted by molar-refractivity contribution is 9.10. The normalized spacial score (nSPS) is 13.4. The topological polar surface area (TPSA) is 17.8 Å². The van der Waals surface area contributed by atoms with Crippen LogP contribution in [0.1, 0.15) is 18.8 Å². The molecule has 2 aromatic rings. The van der Waals surface area contributed by atoms with Crippen LogP contribution in [-0.2, 0) is 7.05 Å². The van der Waals surface area contributed by atoms with Gasteiger partial charge in [-0.05, 0) is 25.1 Å². The third-order valence-electron chi connectivity index (χ3n) is 2.22. The molecule has 2 rings (SSSR count). The minimum absolute atomic E-state index is 0.509. The maximum Gasteiger partial charge on any atom is 0.142 e. The number of aromatic nitrogens is 2. The molecule has 0 aliphatic heterocycles. The zero-order chi connectivity index (χ0) is 10.3. The van der Waals surface area contributed by atoms with Crippen molar-refractivity contribution in [2.24, 2.45) is 7.05 Å². The highest BCUT2D eigenvalue weighted by atomic mass is 79.9. The first-order valence-electron chi connectivity index (χ1n) is 4.36. The molecule has 0 radical (unpaired) electrons. The van der Waals surface area contributed by atoms with Crippen molar-refractivity contribution in [1.29, 1.82) is 0 Å². The summed E-state index contributed by atoms with van der Waals surface area (Å²) in [4.78, 5) is 0. The molecule has 0 spiro atoms. The Kier molecular flexibility index (Phi) is 2.31. The zero-order valence-electron chi connectivity index (χ0n) is 7.96. The van der Waals surface area contributed by atoms with E-state index in [0.29, 0.717) is 5.69 Å². The Morgan fingerprint density at radius 2 is 2.21 bits per heavy atom. The Morgan fingerprint density at radius 3 is 2.86 bits per heavy atom. The molecule has 0 amide bonds. The lowest BCUT2D eigenvalue weighted by molar-refractivity contribution is 0.365. The van der Waals surface area contributed by atoms with Crippen LogP contribution in [0.3, 0.4) is 0 Å². The molecule has 0 aliphatic rings. The van der Waals surface area contributed by atoms with Gasteiger partial charge in [0, 0.05) is 16.9 Å². The van der Waals surface area contributed by atoms with E-state index < -0.39 is 6.17 Å². The van der Waals surface area contributed by atoms with Gasteiger partial charge in [0.25, 0.3) is 0 Å². The maximum absolute atomic E-state index is 13.2. The highest BCUT2D eigenvalue weighted by Gasteiger charge is 2.13. The van der Waals surface area contributed by atoms with Gasteiger partial charge in [-0.15, -0.1) is 0 Å². The van der Waals surface area contributed by atoms with Crippen LogP contribution < -0.4 is 0 Å². The lowest BCUT2D eigenvalue weighted by atomic mass is 10.1. The summed E-state index contributed by atoms with van der Waals surface area (Å²) >= 11 is 3.38. The predicted octanol–water partition coefficient (Wildman–Crippen LogP) is 3.37. The van der Waals surface area contributed by atoms with Gasteiger partial charge in [-0.2, -0.15) is 5.10 Å². The van der Waals surface area contributed by atoms with Gasteiger partial charge in [0.05, 0.1) is 5.52 Å². The van der Waals surface area contributed by atoms with Crippen LogP contribution in [0.15, 0.2) is 22.7 Å². The van der Waals surface area contributed by atoms with E-state index in [-0.39, 0.29) is 0 Å². The Labute approximate surface area is 89.8 Å². The lowest BCUT2D eigenvalue weighted by Gasteiger charge is -1.96. The summed E-state index contributed by atoms with van der Waals surface area (Å²) in [5.41, 5.74) is 1.45.